The molecule has 1 aliphatic heterocycles. The van der Waals surface area contributed by atoms with Gasteiger partial charge in [-0.3, -0.25) is 0 Å². The van der Waals surface area contributed by atoms with Crippen molar-refractivity contribution in [3.8, 4) is 0 Å². The molecule has 1 atom stereocenters. The van der Waals surface area contributed by atoms with Crippen molar-refractivity contribution in [2.45, 2.75) is 19.9 Å². The van der Waals surface area contributed by atoms with E-state index in [0.717, 1.165) is 19.6 Å². The normalized spacial score (nSPS) is 22.0. The number of hydrogen-bond donors (Lipinski definition) is 2. The van der Waals surface area contributed by atoms with Crippen molar-refractivity contribution in [2.75, 3.05) is 26.2 Å². The first-order chi connectivity index (χ1) is 5.74. The lowest BCUT2D eigenvalue weighted by molar-refractivity contribution is 0.180. The number of nitrogens with zero attached hydrogens (tertiary/aromatic N) is 1. The number of halogens is 1. The van der Waals surface area contributed by atoms with Crippen LogP contribution >= 0.6 is 12.4 Å². The van der Waals surface area contributed by atoms with Crippen LogP contribution in [0.1, 0.15) is 13.8 Å². The van der Waals surface area contributed by atoms with Crippen LogP contribution in [0.5, 0.6) is 0 Å². The van der Waals surface area contributed by atoms with Gasteiger partial charge in [0.05, 0.1) is 0 Å². The summed E-state index contributed by atoms with van der Waals surface area (Å²) in [6.45, 7) is 7.26. The van der Waals surface area contributed by atoms with Crippen LogP contribution in [0.25, 0.3) is 0 Å². The van der Waals surface area contributed by atoms with Crippen molar-refractivity contribution in [1.82, 2.24) is 15.5 Å². The van der Waals surface area contributed by atoms with Gasteiger partial charge in [0.1, 0.15) is 0 Å². The molecule has 0 radical (unpaired) electrons. The highest BCUT2D eigenvalue weighted by Crippen LogP contribution is 1.97. The second-order valence-corrected chi connectivity index (χ2v) is 3.14. The van der Waals surface area contributed by atoms with Crippen LogP contribution < -0.4 is 10.6 Å². The van der Waals surface area contributed by atoms with Gasteiger partial charge in [0.25, 0.3) is 0 Å². The average Bonchev–Trinajstić information content (AvgIpc) is 2.05. The Morgan fingerprint density at radius 2 is 2.38 bits per heavy atom. The van der Waals surface area contributed by atoms with Crippen LogP contribution in [-0.4, -0.2) is 43.2 Å². The van der Waals surface area contributed by atoms with E-state index in [2.05, 4.69) is 17.6 Å². The van der Waals surface area contributed by atoms with Gasteiger partial charge >= 0.3 is 6.03 Å². The highest BCUT2D eigenvalue weighted by Gasteiger charge is 2.19. The van der Waals surface area contributed by atoms with Crippen molar-refractivity contribution in [1.29, 1.82) is 0 Å². The highest BCUT2D eigenvalue weighted by molar-refractivity contribution is 5.85. The molecule has 0 aromatic heterocycles. The minimum atomic E-state index is 0. The zero-order valence-corrected chi connectivity index (χ0v) is 8.99. The first-order valence-corrected chi connectivity index (χ1v) is 4.50. The summed E-state index contributed by atoms with van der Waals surface area (Å²) in [5.41, 5.74) is 0. The van der Waals surface area contributed by atoms with Crippen molar-refractivity contribution < 1.29 is 4.79 Å². The summed E-state index contributed by atoms with van der Waals surface area (Å²) >= 11 is 0. The van der Waals surface area contributed by atoms with Gasteiger partial charge in [-0.25, -0.2) is 4.79 Å². The summed E-state index contributed by atoms with van der Waals surface area (Å²) < 4.78 is 0. The third kappa shape index (κ3) is 3.83. The van der Waals surface area contributed by atoms with Crippen molar-refractivity contribution in [2.24, 2.45) is 0 Å². The fourth-order valence-electron chi connectivity index (χ4n) is 1.38. The van der Waals surface area contributed by atoms with E-state index >= 15 is 0 Å². The van der Waals surface area contributed by atoms with Crippen LogP contribution in [0, 0.1) is 0 Å². The molecule has 0 saturated carbocycles. The lowest BCUT2D eigenvalue weighted by Gasteiger charge is -2.31. The Balaban J connectivity index is 0.00000144. The van der Waals surface area contributed by atoms with Crippen LogP contribution in [0.15, 0.2) is 0 Å². The molecule has 0 aromatic rings. The molecule has 2 N–H and O–H groups in total. The van der Waals surface area contributed by atoms with E-state index in [1.807, 2.05) is 11.8 Å². The number of hydrogen-bond acceptors (Lipinski definition) is 2. The molecule has 4 nitrogen and oxygen atoms in total. The molecular weight excluding hydrogens is 190 g/mol. The van der Waals surface area contributed by atoms with E-state index in [-0.39, 0.29) is 18.4 Å². The third-order valence-corrected chi connectivity index (χ3v) is 1.98. The van der Waals surface area contributed by atoms with Crippen LogP contribution in [0.4, 0.5) is 4.79 Å². The highest BCUT2D eigenvalue weighted by atomic mass is 35.5. The Morgan fingerprint density at radius 1 is 1.69 bits per heavy atom. The maximum absolute atomic E-state index is 11.3. The fourth-order valence-corrected chi connectivity index (χ4v) is 1.38. The molecule has 0 bridgehead atoms. The molecule has 78 valence electrons. The summed E-state index contributed by atoms with van der Waals surface area (Å²) in [6, 6.07) is 0.479. The summed E-state index contributed by atoms with van der Waals surface area (Å²) in [7, 11) is 0. The van der Waals surface area contributed by atoms with Crippen molar-refractivity contribution in [3.05, 3.63) is 0 Å². The minimum Gasteiger partial charge on any atom is -0.338 e. The molecule has 5 heteroatoms. The Labute approximate surface area is 85.5 Å². The molecule has 1 saturated heterocycles. The number of piperazine rings is 1. The zero-order chi connectivity index (χ0) is 8.97. The Morgan fingerprint density at radius 3 is 2.92 bits per heavy atom. The van der Waals surface area contributed by atoms with Crippen molar-refractivity contribution in [3.63, 3.8) is 0 Å². The predicted octanol–water partition coefficient (Wildman–Crippen LogP) is 0.431. The largest absolute Gasteiger partial charge is 0.338 e. The van der Waals surface area contributed by atoms with Gasteiger partial charge in [-0.05, 0) is 13.8 Å². The lowest BCUT2D eigenvalue weighted by atomic mass is 10.2. The second kappa shape index (κ2) is 6.05. The monoisotopic (exact) mass is 207 g/mol. The predicted molar refractivity (Wildman–Crippen MR) is 55.4 cm³/mol. The van der Waals surface area contributed by atoms with E-state index in [9.17, 15) is 4.79 Å². The van der Waals surface area contributed by atoms with Gasteiger partial charge in [-0.2, -0.15) is 0 Å². The molecule has 1 rings (SSSR count). The molecule has 1 heterocycles. The zero-order valence-electron chi connectivity index (χ0n) is 8.17. The molecule has 2 amide bonds. The summed E-state index contributed by atoms with van der Waals surface area (Å²) in [5, 5.41) is 6.08. The van der Waals surface area contributed by atoms with Gasteiger partial charge in [0.15, 0.2) is 0 Å². The van der Waals surface area contributed by atoms with Gasteiger partial charge in [-0.15, -0.1) is 12.4 Å². The smallest absolute Gasteiger partial charge is 0.317 e. The molecular formula is C8H18ClN3O. The van der Waals surface area contributed by atoms with E-state index in [1.165, 1.54) is 0 Å². The number of carbonyl (C=O) groups is 1. The SMILES string of the molecule is CCNC(=O)N1CCNC(C)C1.Cl. The quantitative estimate of drug-likeness (QED) is 0.655. The van der Waals surface area contributed by atoms with E-state index in [1.54, 1.807) is 0 Å². The molecule has 1 unspecified atom stereocenters. The molecule has 1 aliphatic rings. The third-order valence-electron chi connectivity index (χ3n) is 1.98. The first kappa shape index (κ1) is 12.5. The van der Waals surface area contributed by atoms with Gasteiger partial charge < -0.3 is 15.5 Å². The summed E-state index contributed by atoms with van der Waals surface area (Å²) in [5.74, 6) is 0. The summed E-state index contributed by atoms with van der Waals surface area (Å²) in [6.07, 6.45) is 0. The minimum absolute atomic E-state index is 0. The van der Waals surface area contributed by atoms with E-state index < -0.39 is 0 Å². The first-order valence-electron chi connectivity index (χ1n) is 4.50. The van der Waals surface area contributed by atoms with Crippen LogP contribution in [0.3, 0.4) is 0 Å². The van der Waals surface area contributed by atoms with Crippen LogP contribution in [-0.2, 0) is 0 Å². The number of nitrogens with one attached hydrogen (secondary N) is 2. The van der Waals surface area contributed by atoms with E-state index in [0.29, 0.717) is 12.6 Å². The average molecular weight is 208 g/mol. The maximum atomic E-state index is 11.3. The number of carbonyl (C=O) groups excluding carboxylic acids is 1. The maximum Gasteiger partial charge on any atom is 0.317 e. The van der Waals surface area contributed by atoms with Crippen molar-refractivity contribution >= 4 is 18.4 Å². The fraction of sp³-hybridized carbons (Fsp3) is 0.875. The Hall–Kier alpha value is -0.480. The lowest BCUT2D eigenvalue weighted by Crippen LogP contribution is -2.54. The number of urea groups is 1. The molecule has 0 aliphatic carbocycles. The van der Waals surface area contributed by atoms with Gasteiger partial charge in [0.2, 0.25) is 0 Å². The Kier molecular flexibility index (Phi) is 5.82. The molecule has 0 spiro atoms. The van der Waals surface area contributed by atoms with E-state index in [4.69, 9.17) is 0 Å². The number of amides is 2. The van der Waals surface area contributed by atoms with Crippen LogP contribution in [0.2, 0.25) is 0 Å². The van der Waals surface area contributed by atoms with Gasteiger partial charge in [-0.1, -0.05) is 0 Å². The standard InChI is InChI=1S/C8H17N3O.ClH/c1-3-9-8(12)11-5-4-10-7(2)6-11;/h7,10H,3-6H2,1-2H3,(H,9,12);1H. The summed E-state index contributed by atoms with van der Waals surface area (Å²) in [4.78, 5) is 13.2. The molecule has 0 aromatic carbocycles. The number of rotatable bonds is 1. The second-order valence-electron chi connectivity index (χ2n) is 3.14. The topological polar surface area (TPSA) is 44.4 Å². The molecule has 1 fully saturated rings. The Bertz CT molecular complexity index is 165. The molecule has 13 heavy (non-hydrogen) atoms. The van der Waals surface area contributed by atoms with Gasteiger partial charge in [0, 0.05) is 32.2 Å².